The van der Waals surface area contributed by atoms with Crippen molar-refractivity contribution in [3.63, 3.8) is 0 Å². The summed E-state index contributed by atoms with van der Waals surface area (Å²) in [5.74, 6) is 4.08. The van der Waals surface area contributed by atoms with Gasteiger partial charge < -0.3 is 19.0 Å². The Morgan fingerprint density at radius 2 is 2.00 bits per heavy atom. The van der Waals surface area contributed by atoms with Crippen LogP contribution in [-0.4, -0.2) is 56.0 Å². The highest BCUT2D eigenvalue weighted by Crippen LogP contribution is 2.39. The summed E-state index contributed by atoms with van der Waals surface area (Å²) >= 11 is 0. The maximum Gasteiger partial charge on any atom is 0.265 e. The van der Waals surface area contributed by atoms with Gasteiger partial charge in [0.25, 0.3) is 5.89 Å². The zero-order valence-corrected chi connectivity index (χ0v) is 19.4. The molecule has 2 aliphatic rings. The first-order valence-corrected chi connectivity index (χ1v) is 11.7. The predicted molar refractivity (Wildman–Crippen MR) is 120 cm³/mol. The summed E-state index contributed by atoms with van der Waals surface area (Å²) in [6.45, 7) is 10.7. The number of imidazole rings is 1. The van der Waals surface area contributed by atoms with Crippen molar-refractivity contribution < 1.29 is 9.52 Å². The minimum atomic E-state index is 0.338. The largest absolute Gasteiger partial charge is 0.419 e. The lowest BCUT2D eigenvalue weighted by Gasteiger charge is -2.40. The molecule has 0 bridgehead atoms. The van der Waals surface area contributed by atoms with Crippen LogP contribution >= 0.6 is 0 Å². The second-order valence-electron chi connectivity index (χ2n) is 9.94. The van der Waals surface area contributed by atoms with Gasteiger partial charge in [0.15, 0.2) is 0 Å². The molecule has 1 saturated heterocycles. The number of hydrogen-bond acceptors (Lipinski definition) is 6. The van der Waals surface area contributed by atoms with Crippen molar-refractivity contribution in [3.05, 3.63) is 30.1 Å². The Bertz CT molecular complexity index is 878. The third-order valence-electron chi connectivity index (χ3n) is 7.44. The van der Waals surface area contributed by atoms with Gasteiger partial charge in [-0.1, -0.05) is 25.5 Å². The highest BCUT2D eigenvalue weighted by atomic mass is 16.4. The van der Waals surface area contributed by atoms with Crippen LogP contribution < -0.4 is 0 Å². The van der Waals surface area contributed by atoms with Crippen molar-refractivity contribution in [1.82, 2.24) is 24.6 Å². The summed E-state index contributed by atoms with van der Waals surface area (Å²) in [5.41, 5.74) is 2.30. The Morgan fingerprint density at radius 1 is 1.23 bits per heavy atom. The first kappa shape index (κ1) is 22.2. The first-order valence-electron chi connectivity index (χ1n) is 11.7. The van der Waals surface area contributed by atoms with E-state index >= 15 is 0 Å². The Morgan fingerprint density at radius 3 is 2.65 bits per heavy atom. The van der Waals surface area contributed by atoms with Gasteiger partial charge in [-0.05, 0) is 68.9 Å². The van der Waals surface area contributed by atoms with E-state index in [1.807, 2.05) is 11.6 Å². The van der Waals surface area contributed by atoms with E-state index in [4.69, 9.17) is 4.42 Å². The van der Waals surface area contributed by atoms with Crippen LogP contribution in [0.2, 0.25) is 0 Å². The van der Waals surface area contributed by atoms with Crippen LogP contribution in [0.4, 0.5) is 0 Å². The normalized spacial score (nSPS) is 25.9. The van der Waals surface area contributed by atoms with Crippen LogP contribution in [0.15, 0.2) is 28.6 Å². The second-order valence-corrected chi connectivity index (χ2v) is 9.94. The number of aryl methyl sites for hydroxylation is 1. The smallest absolute Gasteiger partial charge is 0.265 e. The number of nitrogens with zero attached hydrogens (tertiary/aromatic N) is 5. The highest BCUT2D eigenvalue weighted by Gasteiger charge is 2.34. The molecule has 7 heteroatoms. The quantitative estimate of drug-likeness (QED) is 0.681. The monoisotopic (exact) mass is 427 g/mol. The zero-order chi connectivity index (χ0) is 22.0. The average Bonchev–Trinajstić information content (AvgIpc) is 3.38. The fraction of sp³-hybridized carbons (Fsp3) is 0.708. The average molecular weight is 428 g/mol. The van der Waals surface area contributed by atoms with E-state index in [-0.39, 0.29) is 0 Å². The van der Waals surface area contributed by atoms with E-state index in [1.54, 1.807) is 12.5 Å². The summed E-state index contributed by atoms with van der Waals surface area (Å²) in [6.07, 6.45) is 10.2. The van der Waals surface area contributed by atoms with Crippen molar-refractivity contribution in [2.45, 2.75) is 46.5 Å². The van der Waals surface area contributed by atoms with Crippen molar-refractivity contribution in [3.8, 4) is 11.6 Å². The SMILES string of the molecule is CC1=CC(CN2CCC(CO)CC2)C(C(C)C)CC1Cc1nnc(-c2cncn2C)o1. The lowest BCUT2D eigenvalue weighted by molar-refractivity contribution is 0.103. The van der Waals surface area contributed by atoms with E-state index in [9.17, 15) is 5.11 Å². The molecular formula is C24H37N5O2. The van der Waals surface area contributed by atoms with E-state index in [0.29, 0.717) is 48.0 Å². The Kier molecular flexibility index (Phi) is 6.92. The number of aromatic nitrogens is 4. The molecule has 1 fully saturated rings. The van der Waals surface area contributed by atoms with Crippen molar-refractivity contribution in [1.29, 1.82) is 0 Å². The maximum absolute atomic E-state index is 9.42. The Balaban J connectivity index is 1.43. The molecule has 1 N–H and O–H groups in total. The zero-order valence-electron chi connectivity index (χ0n) is 19.4. The number of rotatable bonds is 7. The molecule has 0 amide bonds. The predicted octanol–water partition coefficient (Wildman–Crippen LogP) is 3.57. The van der Waals surface area contributed by atoms with Gasteiger partial charge in [-0.2, -0.15) is 0 Å². The molecule has 0 aromatic carbocycles. The third kappa shape index (κ3) is 5.09. The molecule has 2 aromatic heterocycles. The third-order valence-corrected chi connectivity index (χ3v) is 7.44. The molecule has 0 radical (unpaired) electrons. The number of hydrogen-bond donors (Lipinski definition) is 1. The van der Waals surface area contributed by atoms with Gasteiger partial charge in [-0.15, -0.1) is 10.2 Å². The number of likely N-dealkylation sites (tertiary alicyclic amines) is 1. The molecule has 3 atom stereocenters. The summed E-state index contributed by atoms with van der Waals surface area (Å²) in [5, 5.41) is 18.0. The summed E-state index contributed by atoms with van der Waals surface area (Å²) in [7, 11) is 1.93. The lowest BCUT2D eigenvalue weighted by Crippen LogP contribution is -2.41. The van der Waals surface area contributed by atoms with Crippen molar-refractivity contribution in [2.24, 2.45) is 36.6 Å². The van der Waals surface area contributed by atoms with Gasteiger partial charge >= 0.3 is 0 Å². The fourth-order valence-corrected chi connectivity index (χ4v) is 5.35. The first-order chi connectivity index (χ1) is 14.9. The van der Waals surface area contributed by atoms with Crippen molar-refractivity contribution in [2.75, 3.05) is 26.2 Å². The number of aliphatic hydroxyl groups excluding tert-OH is 1. The van der Waals surface area contributed by atoms with Crippen LogP contribution in [0.25, 0.3) is 11.6 Å². The Hall–Kier alpha value is -1.99. The molecule has 1 aliphatic heterocycles. The fourth-order valence-electron chi connectivity index (χ4n) is 5.35. The molecule has 3 heterocycles. The Labute approximate surface area is 185 Å². The molecule has 0 spiro atoms. The molecular weight excluding hydrogens is 390 g/mol. The van der Waals surface area contributed by atoms with Crippen LogP contribution in [0, 0.1) is 29.6 Å². The molecule has 4 rings (SSSR count). The van der Waals surface area contributed by atoms with E-state index in [2.05, 4.69) is 46.9 Å². The molecule has 31 heavy (non-hydrogen) atoms. The molecule has 170 valence electrons. The molecule has 3 unspecified atom stereocenters. The van der Waals surface area contributed by atoms with Crippen LogP contribution in [0.3, 0.4) is 0 Å². The van der Waals surface area contributed by atoms with E-state index in [0.717, 1.165) is 44.6 Å². The second kappa shape index (κ2) is 9.65. The van der Waals surface area contributed by atoms with E-state index < -0.39 is 0 Å². The van der Waals surface area contributed by atoms with Crippen molar-refractivity contribution >= 4 is 0 Å². The van der Waals surface area contributed by atoms with E-state index in [1.165, 1.54) is 12.0 Å². The van der Waals surface area contributed by atoms with Crippen LogP contribution in [0.1, 0.15) is 45.9 Å². The summed E-state index contributed by atoms with van der Waals surface area (Å²) in [4.78, 5) is 6.74. The van der Waals surface area contributed by atoms with Gasteiger partial charge in [0, 0.05) is 26.6 Å². The highest BCUT2D eigenvalue weighted by molar-refractivity contribution is 5.44. The lowest BCUT2D eigenvalue weighted by atomic mass is 9.69. The van der Waals surface area contributed by atoms with Gasteiger partial charge in [-0.25, -0.2) is 4.98 Å². The molecule has 1 aliphatic carbocycles. The van der Waals surface area contributed by atoms with Gasteiger partial charge in [-0.3, -0.25) is 0 Å². The minimum absolute atomic E-state index is 0.338. The maximum atomic E-state index is 9.42. The standard InChI is InChI=1S/C24H37N5O2/c1-16(2)21-10-19(11-23-26-27-24(31-23)22-12-25-15-28(22)4)17(3)9-20(21)13-29-7-5-18(14-30)6-8-29/h9,12,15-16,18-21,30H,5-8,10-11,13-14H2,1-4H3. The summed E-state index contributed by atoms with van der Waals surface area (Å²) < 4.78 is 7.88. The number of aliphatic hydroxyl groups is 1. The van der Waals surface area contributed by atoms with Gasteiger partial charge in [0.1, 0.15) is 5.69 Å². The topological polar surface area (TPSA) is 80.2 Å². The number of piperidine rings is 1. The van der Waals surface area contributed by atoms with Crippen LogP contribution in [-0.2, 0) is 13.5 Å². The summed E-state index contributed by atoms with van der Waals surface area (Å²) in [6, 6.07) is 0. The molecule has 2 aromatic rings. The minimum Gasteiger partial charge on any atom is -0.419 e. The molecule has 7 nitrogen and oxygen atoms in total. The van der Waals surface area contributed by atoms with Gasteiger partial charge in [0.2, 0.25) is 5.89 Å². The molecule has 0 saturated carbocycles. The van der Waals surface area contributed by atoms with Crippen LogP contribution in [0.5, 0.6) is 0 Å². The number of allylic oxidation sites excluding steroid dienone is 1. The van der Waals surface area contributed by atoms with Gasteiger partial charge in [0.05, 0.1) is 12.5 Å².